The molecule has 0 amide bonds. The minimum Gasteiger partial charge on any atom is -0.381 e. The van der Waals surface area contributed by atoms with Crippen molar-refractivity contribution >= 4 is 11.6 Å². The molecule has 4 rings (SSSR count). The van der Waals surface area contributed by atoms with E-state index in [-0.39, 0.29) is 5.82 Å². The summed E-state index contributed by atoms with van der Waals surface area (Å²) in [5.41, 5.74) is 1.07. The molecule has 168 valence electrons. The van der Waals surface area contributed by atoms with Crippen LogP contribution in [-0.2, 0) is 17.7 Å². The van der Waals surface area contributed by atoms with E-state index < -0.39 is 0 Å². The third-order valence-electron chi connectivity index (χ3n) is 5.94. The first kappa shape index (κ1) is 21.5. The highest BCUT2D eigenvalue weighted by Gasteiger charge is 2.21. The molecule has 31 heavy (non-hydrogen) atoms. The van der Waals surface area contributed by atoms with Crippen molar-refractivity contribution in [3.63, 3.8) is 0 Å². The van der Waals surface area contributed by atoms with E-state index in [1.807, 2.05) is 12.1 Å². The molecular formula is C22H32FN7O. The Labute approximate surface area is 183 Å². The Morgan fingerprint density at radius 1 is 1.23 bits per heavy atom. The number of piperazine rings is 1. The number of guanidine groups is 1. The summed E-state index contributed by atoms with van der Waals surface area (Å²) in [5.74, 6) is 2.26. The average Bonchev–Trinajstić information content (AvgIpc) is 3.48. The fraction of sp³-hybridized carbons (Fsp3) is 0.591. The van der Waals surface area contributed by atoms with Gasteiger partial charge in [-0.15, -0.1) is 10.2 Å². The maximum atomic E-state index is 13.2. The molecular weight excluding hydrogens is 397 g/mol. The number of hydrogen-bond acceptors (Lipinski definition) is 5. The molecule has 0 spiro atoms. The maximum Gasteiger partial charge on any atom is 0.194 e. The zero-order valence-corrected chi connectivity index (χ0v) is 18.2. The molecule has 1 aromatic carbocycles. The molecule has 1 atom stereocenters. The minimum atomic E-state index is -0.198. The molecule has 2 aromatic rings. The molecule has 9 heteroatoms. The molecule has 2 aliphatic heterocycles. The van der Waals surface area contributed by atoms with E-state index in [1.165, 1.54) is 12.1 Å². The second-order valence-corrected chi connectivity index (χ2v) is 8.07. The Bertz CT molecular complexity index is 840. The molecule has 0 radical (unpaired) electrons. The van der Waals surface area contributed by atoms with E-state index in [0.717, 1.165) is 89.3 Å². The lowest BCUT2D eigenvalue weighted by Gasteiger charge is -2.38. The number of aryl methyl sites for hydroxylation is 1. The van der Waals surface area contributed by atoms with Crippen molar-refractivity contribution in [2.24, 2.45) is 10.9 Å². The van der Waals surface area contributed by atoms with Gasteiger partial charge in [-0.25, -0.2) is 4.39 Å². The number of aromatic nitrogens is 3. The molecule has 2 aliphatic rings. The molecule has 1 aromatic heterocycles. The van der Waals surface area contributed by atoms with Gasteiger partial charge < -0.3 is 24.4 Å². The number of anilines is 1. The summed E-state index contributed by atoms with van der Waals surface area (Å²) in [6.45, 7) is 9.59. The molecule has 1 N–H and O–H groups in total. The summed E-state index contributed by atoms with van der Waals surface area (Å²) in [7, 11) is 0. The molecule has 8 nitrogen and oxygen atoms in total. The smallest absolute Gasteiger partial charge is 0.194 e. The molecule has 2 saturated heterocycles. The number of rotatable bonds is 7. The van der Waals surface area contributed by atoms with Crippen LogP contribution in [0.15, 0.2) is 35.6 Å². The first-order valence-corrected chi connectivity index (χ1v) is 11.2. The summed E-state index contributed by atoms with van der Waals surface area (Å²) in [6.07, 6.45) is 3.73. The highest BCUT2D eigenvalue weighted by molar-refractivity contribution is 5.80. The van der Waals surface area contributed by atoms with Crippen molar-refractivity contribution in [3.05, 3.63) is 42.2 Å². The highest BCUT2D eigenvalue weighted by Crippen LogP contribution is 2.17. The van der Waals surface area contributed by atoms with E-state index >= 15 is 0 Å². The highest BCUT2D eigenvalue weighted by atomic mass is 19.1. The SMILES string of the molecule is CCc1nncn1CCNC(=NCC1CCOC1)N1CCN(c2ccc(F)cc2)CC1. The monoisotopic (exact) mass is 429 g/mol. The lowest BCUT2D eigenvalue weighted by Crippen LogP contribution is -2.53. The van der Waals surface area contributed by atoms with Crippen molar-refractivity contribution in [2.45, 2.75) is 26.3 Å². The van der Waals surface area contributed by atoms with Crippen molar-refractivity contribution < 1.29 is 9.13 Å². The second kappa shape index (κ2) is 10.6. The van der Waals surface area contributed by atoms with Gasteiger partial charge in [0.1, 0.15) is 18.0 Å². The number of benzene rings is 1. The lowest BCUT2D eigenvalue weighted by molar-refractivity contribution is 0.187. The third kappa shape index (κ3) is 5.72. The zero-order valence-electron chi connectivity index (χ0n) is 18.2. The normalized spacial score (nSPS) is 19.8. The van der Waals surface area contributed by atoms with E-state index in [4.69, 9.17) is 9.73 Å². The van der Waals surface area contributed by atoms with Crippen LogP contribution in [0.25, 0.3) is 0 Å². The predicted octanol–water partition coefficient (Wildman–Crippen LogP) is 1.78. The van der Waals surface area contributed by atoms with Crippen molar-refractivity contribution in [1.82, 2.24) is 25.0 Å². The van der Waals surface area contributed by atoms with Crippen LogP contribution in [0.3, 0.4) is 0 Å². The van der Waals surface area contributed by atoms with Crippen LogP contribution in [0.4, 0.5) is 10.1 Å². The minimum absolute atomic E-state index is 0.198. The van der Waals surface area contributed by atoms with Gasteiger partial charge in [-0.3, -0.25) is 4.99 Å². The van der Waals surface area contributed by atoms with Crippen molar-refractivity contribution in [1.29, 1.82) is 0 Å². The van der Waals surface area contributed by atoms with Crippen LogP contribution in [-0.4, -0.2) is 78.1 Å². The fourth-order valence-electron chi connectivity index (χ4n) is 4.07. The van der Waals surface area contributed by atoms with E-state index in [0.29, 0.717) is 5.92 Å². The Hall–Kier alpha value is -2.68. The van der Waals surface area contributed by atoms with Gasteiger partial charge in [0, 0.05) is 70.4 Å². The maximum absolute atomic E-state index is 13.2. The zero-order chi connectivity index (χ0) is 21.5. The van der Waals surface area contributed by atoms with Crippen LogP contribution in [0.1, 0.15) is 19.2 Å². The molecule has 2 fully saturated rings. The van der Waals surface area contributed by atoms with Crippen LogP contribution in [0.2, 0.25) is 0 Å². The lowest BCUT2D eigenvalue weighted by atomic mass is 10.1. The summed E-state index contributed by atoms with van der Waals surface area (Å²) >= 11 is 0. The molecule has 0 aliphatic carbocycles. The van der Waals surface area contributed by atoms with Crippen LogP contribution in [0, 0.1) is 11.7 Å². The van der Waals surface area contributed by atoms with Gasteiger partial charge in [0.2, 0.25) is 0 Å². The largest absolute Gasteiger partial charge is 0.381 e. The summed E-state index contributed by atoms with van der Waals surface area (Å²) in [5, 5.41) is 11.7. The van der Waals surface area contributed by atoms with Gasteiger partial charge in [-0.1, -0.05) is 6.92 Å². The molecule has 3 heterocycles. The van der Waals surface area contributed by atoms with Crippen LogP contribution in [0.5, 0.6) is 0 Å². The Morgan fingerprint density at radius 2 is 2.03 bits per heavy atom. The first-order chi connectivity index (χ1) is 15.2. The van der Waals surface area contributed by atoms with Gasteiger partial charge in [0.15, 0.2) is 5.96 Å². The quantitative estimate of drug-likeness (QED) is 0.535. The number of halogens is 1. The van der Waals surface area contributed by atoms with Crippen molar-refractivity contribution in [2.75, 3.05) is 57.4 Å². The van der Waals surface area contributed by atoms with E-state index in [2.05, 4.69) is 36.8 Å². The Balaban J connectivity index is 1.35. The van der Waals surface area contributed by atoms with E-state index in [9.17, 15) is 4.39 Å². The molecule has 1 unspecified atom stereocenters. The van der Waals surface area contributed by atoms with Gasteiger partial charge in [-0.2, -0.15) is 0 Å². The van der Waals surface area contributed by atoms with Crippen LogP contribution < -0.4 is 10.2 Å². The number of nitrogens with one attached hydrogen (secondary N) is 1. The third-order valence-corrected chi connectivity index (χ3v) is 5.94. The Kier molecular flexibility index (Phi) is 7.35. The summed E-state index contributed by atoms with van der Waals surface area (Å²) in [4.78, 5) is 9.56. The molecule has 0 saturated carbocycles. The average molecular weight is 430 g/mol. The Morgan fingerprint density at radius 3 is 2.74 bits per heavy atom. The number of hydrogen-bond donors (Lipinski definition) is 1. The first-order valence-electron chi connectivity index (χ1n) is 11.2. The second-order valence-electron chi connectivity index (χ2n) is 8.07. The van der Waals surface area contributed by atoms with E-state index in [1.54, 1.807) is 6.33 Å². The number of aliphatic imine (C=N–C) groups is 1. The topological polar surface area (TPSA) is 70.8 Å². The predicted molar refractivity (Wildman–Crippen MR) is 119 cm³/mol. The van der Waals surface area contributed by atoms with Gasteiger partial charge in [0.25, 0.3) is 0 Å². The van der Waals surface area contributed by atoms with Gasteiger partial charge >= 0.3 is 0 Å². The fourth-order valence-corrected chi connectivity index (χ4v) is 4.07. The molecule has 0 bridgehead atoms. The summed E-state index contributed by atoms with van der Waals surface area (Å²) in [6, 6.07) is 6.75. The summed E-state index contributed by atoms with van der Waals surface area (Å²) < 4.78 is 20.8. The van der Waals surface area contributed by atoms with Gasteiger partial charge in [-0.05, 0) is 30.7 Å². The standard InChI is InChI=1S/C22H32FN7O/c1-2-21-27-26-17-30(21)9-8-24-22(25-15-18-7-14-31-16-18)29-12-10-28(11-13-29)20-5-3-19(23)4-6-20/h3-6,17-18H,2,7-16H2,1H3,(H,24,25). The number of nitrogens with zero attached hydrogens (tertiary/aromatic N) is 6. The van der Waals surface area contributed by atoms with Crippen LogP contribution >= 0.6 is 0 Å². The number of ether oxygens (including phenoxy) is 1. The van der Waals surface area contributed by atoms with Crippen molar-refractivity contribution in [3.8, 4) is 0 Å². The van der Waals surface area contributed by atoms with Gasteiger partial charge in [0.05, 0.1) is 6.61 Å².